The van der Waals surface area contributed by atoms with Crippen molar-refractivity contribution in [3.05, 3.63) is 41.7 Å². The van der Waals surface area contributed by atoms with Gasteiger partial charge in [-0.1, -0.05) is 0 Å². The Kier molecular flexibility index (Phi) is 2.61. The molecule has 3 aromatic heterocycles. The van der Waals surface area contributed by atoms with Crippen molar-refractivity contribution in [1.82, 2.24) is 25.3 Å². The standard InChI is InChI=1S/C16H13N5O2/c1-2-4-13-11(3-1)12-9-10(5-6-14(12)23-13)22-16-8-7-15-17-19-20-21(15)18-16/h5-9H,1-4H2. The first-order valence-corrected chi connectivity index (χ1v) is 7.64. The first kappa shape index (κ1) is 12.6. The van der Waals surface area contributed by atoms with Crippen molar-refractivity contribution in [3.8, 4) is 11.6 Å². The number of fused-ring (bicyclic) bond motifs is 4. The summed E-state index contributed by atoms with van der Waals surface area (Å²) in [5.41, 5.74) is 2.82. The average Bonchev–Trinajstić information content (AvgIpc) is 3.18. The van der Waals surface area contributed by atoms with Gasteiger partial charge in [0.1, 0.15) is 17.1 Å². The Hall–Kier alpha value is -2.96. The van der Waals surface area contributed by atoms with Crippen molar-refractivity contribution >= 4 is 16.6 Å². The number of hydrogen-bond acceptors (Lipinski definition) is 6. The highest BCUT2D eigenvalue weighted by atomic mass is 16.5. The van der Waals surface area contributed by atoms with Crippen LogP contribution >= 0.6 is 0 Å². The normalized spacial score (nSPS) is 14.3. The third kappa shape index (κ3) is 2.04. The summed E-state index contributed by atoms with van der Waals surface area (Å²) in [6.45, 7) is 0. The second-order valence-electron chi connectivity index (χ2n) is 5.67. The number of benzene rings is 1. The lowest BCUT2D eigenvalue weighted by Gasteiger charge is -2.09. The highest BCUT2D eigenvalue weighted by molar-refractivity contribution is 5.84. The fraction of sp³-hybridized carbons (Fsp3) is 0.250. The van der Waals surface area contributed by atoms with Gasteiger partial charge in [-0.2, -0.15) is 0 Å². The summed E-state index contributed by atoms with van der Waals surface area (Å²) in [6.07, 6.45) is 4.51. The van der Waals surface area contributed by atoms with E-state index in [1.54, 1.807) is 12.1 Å². The molecule has 0 radical (unpaired) electrons. The van der Waals surface area contributed by atoms with Gasteiger partial charge in [-0.25, -0.2) is 0 Å². The lowest BCUT2D eigenvalue weighted by atomic mass is 9.96. The van der Waals surface area contributed by atoms with E-state index in [1.165, 1.54) is 23.0 Å². The van der Waals surface area contributed by atoms with E-state index in [0.29, 0.717) is 11.5 Å². The van der Waals surface area contributed by atoms with Crippen molar-refractivity contribution < 1.29 is 9.15 Å². The zero-order valence-electron chi connectivity index (χ0n) is 12.3. The molecular formula is C16H13N5O2. The highest BCUT2D eigenvalue weighted by Crippen LogP contribution is 2.34. The van der Waals surface area contributed by atoms with Gasteiger partial charge in [0.15, 0.2) is 5.65 Å². The molecule has 114 valence electrons. The Morgan fingerprint density at radius 2 is 2.04 bits per heavy atom. The van der Waals surface area contributed by atoms with Gasteiger partial charge in [0.2, 0.25) is 5.88 Å². The summed E-state index contributed by atoms with van der Waals surface area (Å²) >= 11 is 0. The van der Waals surface area contributed by atoms with E-state index in [0.717, 1.165) is 35.3 Å². The van der Waals surface area contributed by atoms with Crippen LogP contribution in [0.2, 0.25) is 0 Å². The van der Waals surface area contributed by atoms with Gasteiger partial charge in [-0.15, -0.1) is 14.8 Å². The third-order valence-corrected chi connectivity index (χ3v) is 4.19. The van der Waals surface area contributed by atoms with E-state index in [-0.39, 0.29) is 0 Å². The molecule has 0 aliphatic heterocycles. The topological polar surface area (TPSA) is 78.3 Å². The quantitative estimate of drug-likeness (QED) is 0.566. The minimum absolute atomic E-state index is 0.446. The summed E-state index contributed by atoms with van der Waals surface area (Å²) in [5, 5.41) is 16.5. The van der Waals surface area contributed by atoms with Crippen LogP contribution in [0.4, 0.5) is 0 Å². The van der Waals surface area contributed by atoms with Crippen LogP contribution in [0.3, 0.4) is 0 Å². The zero-order chi connectivity index (χ0) is 15.2. The number of aryl methyl sites for hydroxylation is 2. The molecule has 0 atom stereocenters. The van der Waals surface area contributed by atoms with Crippen molar-refractivity contribution in [1.29, 1.82) is 0 Å². The van der Waals surface area contributed by atoms with Crippen molar-refractivity contribution in [2.45, 2.75) is 25.7 Å². The van der Waals surface area contributed by atoms with Gasteiger partial charge in [0.05, 0.1) is 0 Å². The van der Waals surface area contributed by atoms with E-state index in [1.807, 2.05) is 18.2 Å². The van der Waals surface area contributed by atoms with Crippen molar-refractivity contribution in [2.24, 2.45) is 0 Å². The van der Waals surface area contributed by atoms with Gasteiger partial charge >= 0.3 is 0 Å². The first-order chi connectivity index (χ1) is 11.4. The predicted octanol–water partition coefficient (Wildman–Crippen LogP) is 2.94. The largest absolute Gasteiger partial charge is 0.461 e. The number of hydrogen-bond donors (Lipinski definition) is 0. The SMILES string of the molecule is c1cc2oc3c(c2cc1Oc1ccc2nnnn2n1)CCCC3. The summed E-state index contributed by atoms with van der Waals surface area (Å²) in [7, 11) is 0. The molecule has 0 amide bonds. The molecule has 3 heterocycles. The van der Waals surface area contributed by atoms with Crippen LogP contribution in [0.15, 0.2) is 34.7 Å². The van der Waals surface area contributed by atoms with Crippen LogP contribution in [-0.2, 0) is 12.8 Å². The Morgan fingerprint density at radius 1 is 1.09 bits per heavy atom. The minimum Gasteiger partial charge on any atom is -0.461 e. The molecule has 0 saturated heterocycles. The molecule has 0 N–H and O–H groups in total. The Labute approximate surface area is 130 Å². The van der Waals surface area contributed by atoms with Crippen molar-refractivity contribution in [3.63, 3.8) is 0 Å². The molecule has 0 saturated carbocycles. The molecule has 4 aromatic rings. The highest BCUT2D eigenvalue weighted by Gasteiger charge is 2.18. The molecule has 1 aromatic carbocycles. The molecule has 7 nitrogen and oxygen atoms in total. The van der Waals surface area contributed by atoms with Crippen LogP contribution in [0.5, 0.6) is 11.6 Å². The number of furan rings is 1. The Bertz CT molecular complexity index is 1020. The summed E-state index contributed by atoms with van der Waals surface area (Å²) in [5.74, 6) is 2.30. The monoisotopic (exact) mass is 307 g/mol. The summed E-state index contributed by atoms with van der Waals surface area (Å²) in [6, 6.07) is 9.39. The van der Waals surface area contributed by atoms with Crippen LogP contribution in [0.25, 0.3) is 16.6 Å². The number of aromatic nitrogens is 5. The minimum atomic E-state index is 0.446. The average molecular weight is 307 g/mol. The number of ether oxygens (including phenoxy) is 1. The number of nitrogens with zero attached hydrogens (tertiary/aromatic N) is 5. The van der Waals surface area contributed by atoms with Gasteiger partial charge in [0.25, 0.3) is 0 Å². The molecule has 0 fully saturated rings. The lowest BCUT2D eigenvalue weighted by molar-refractivity contribution is 0.447. The summed E-state index contributed by atoms with van der Waals surface area (Å²) < 4.78 is 13.1. The van der Waals surface area contributed by atoms with E-state index >= 15 is 0 Å². The second-order valence-corrected chi connectivity index (χ2v) is 5.67. The van der Waals surface area contributed by atoms with Crippen LogP contribution in [-0.4, -0.2) is 25.3 Å². The Balaban J connectivity index is 1.54. The second kappa shape index (κ2) is 4.77. The van der Waals surface area contributed by atoms with Gasteiger partial charge < -0.3 is 9.15 Å². The first-order valence-electron chi connectivity index (χ1n) is 7.64. The van der Waals surface area contributed by atoms with Gasteiger partial charge in [-0.3, -0.25) is 0 Å². The molecule has 1 aliphatic carbocycles. The predicted molar refractivity (Wildman–Crippen MR) is 81.5 cm³/mol. The van der Waals surface area contributed by atoms with Crippen LogP contribution in [0, 0.1) is 0 Å². The van der Waals surface area contributed by atoms with Crippen molar-refractivity contribution in [2.75, 3.05) is 0 Å². The van der Waals surface area contributed by atoms with Crippen LogP contribution < -0.4 is 4.74 Å². The van der Waals surface area contributed by atoms with E-state index in [2.05, 4.69) is 20.6 Å². The fourth-order valence-electron chi connectivity index (χ4n) is 3.11. The molecule has 0 spiro atoms. The maximum absolute atomic E-state index is 5.94. The molecular weight excluding hydrogens is 294 g/mol. The van der Waals surface area contributed by atoms with E-state index in [9.17, 15) is 0 Å². The van der Waals surface area contributed by atoms with Gasteiger partial charge in [0, 0.05) is 23.4 Å². The maximum atomic E-state index is 5.94. The smallest absolute Gasteiger partial charge is 0.239 e. The number of rotatable bonds is 2. The molecule has 7 heteroatoms. The molecule has 0 bridgehead atoms. The maximum Gasteiger partial charge on any atom is 0.239 e. The van der Waals surface area contributed by atoms with Gasteiger partial charge in [-0.05, 0) is 54.0 Å². The Morgan fingerprint density at radius 3 is 3.04 bits per heavy atom. The molecule has 23 heavy (non-hydrogen) atoms. The zero-order valence-corrected chi connectivity index (χ0v) is 12.3. The lowest BCUT2D eigenvalue weighted by Crippen LogP contribution is -1.99. The molecule has 0 unspecified atom stereocenters. The molecule has 5 rings (SSSR count). The van der Waals surface area contributed by atoms with E-state index < -0.39 is 0 Å². The van der Waals surface area contributed by atoms with Crippen LogP contribution in [0.1, 0.15) is 24.2 Å². The molecule has 1 aliphatic rings. The third-order valence-electron chi connectivity index (χ3n) is 4.19. The fourth-order valence-corrected chi connectivity index (χ4v) is 3.11. The van der Waals surface area contributed by atoms with E-state index in [4.69, 9.17) is 9.15 Å². The summed E-state index contributed by atoms with van der Waals surface area (Å²) in [4.78, 5) is 0. The number of tetrazole rings is 1.